The molecule has 28 heavy (non-hydrogen) atoms. The number of hydrogen-bond donors (Lipinski definition) is 1. The van der Waals surface area contributed by atoms with E-state index >= 15 is 0 Å². The molecule has 2 aromatic rings. The minimum absolute atomic E-state index is 0.117. The third kappa shape index (κ3) is 4.68. The first kappa shape index (κ1) is 19.9. The summed E-state index contributed by atoms with van der Waals surface area (Å²) in [6.07, 6.45) is 1.82. The number of hydrogen-bond acceptors (Lipinski definition) is 3. The van der Waals surface area contributed by atoms with Gasteiger partial charge in [-0.2, -0.15) is 0 Å². The summed E-state index contributed by atoms with van der Waals surface area (Å²) in [5.74, 6) is -1.25. The first-order valence-corrected chi connectivity index (χ1v) is 9.54. The van der Waals surface area contributed by atoms with Gasteiger partial charge in [0.2, 0.25) is 11.8 Å². The predicted molar refractivity (Wildman–Crippen MR) is 109 cm³/mol. The Morgan fingerprint density at radius 2 is 1.89 bits per heavy atom. The molecule has 1 heterocycles. The first-order chi connectivity index (χ1) is 13.5. The number of aryl methyl sites for hydroxylation is 1. The largest absolute Gasteiger partial charge is 0.378 e. The Hall–Kier alpha value is -2.89. The second kappa shape index (κ2) is 8.87. The van der Waals surface area contributed by atoms with Crippen LogP contribution in [0.4, 0.5) is 15.8 Å². The third-order valence-electron chi connectivity index (χ3n) is 5.03. The molecule has 0 aromatic heterocycles. The molecule has 2 amide bonds. The van der Waals surface area contributed by atoms with Crippen molar-refractivity contribution in [2.45, 2.75) is 19.3 Å². The first-order valence-electron chi connectivity index (χ1n) is 9.54. The number of nitrogens with one attached hydrogen (secondary N) is 1. The Balaban J connectivity index is 1.45. The van der Waals surface area contributed by atoms with Crippen LogP contribution in [0.1, 0.15) is 18.4 Å². The van der Waals surface area contributed by atoms with Crippen LogP contribution in [0.15, 0.2) is 48.5 Å². The second-order valence-electron chi connectivity index (χ2n) is 7.31. The summed E-state index contributed by atoms with van der Waals surface area (Å²) < 4.78 is 13.9. The molecule has 1 aliphatic heterocycles. The molecule has 5 nitrogen and oxygen atoms in total. The van der Waals surface area contributed by atoms with E-state index in [0.29, 0.717) is 6.54 Å². The number of carbonyl (C=O) groups is 2. The fraction of sp³-hybridized carbons (Fsp3) is 0.364. The van der Waals surface area contributed by atoms with Gasteiger partial charge >= 0.3 is 0 Å². The van der Waals surface area contributed by atoms with E-state index < -0.39 is 11.7 Å². The highest BCUT2D eigenvalue weighted by molar-refractivity contribution is 6.00. The molecular weight excluding hydrogens is 357 g/mol. The van der Waals surface area contributed by atoms with E-state index in [0.717, 1.165) is 18.5 Å². The molecule has 0 aliphatic carbocycles. The molecule has 0 saturated carbocycles. The number of rotatable bonds is 7. The number of benzene rings is 2. The van der Waals surface area contributed by atoms with E-state index in [1.165, 1.54) is 16.5 Å². The molecule has 3 rings (SSSR count). The zero-order valence-corrected chi connectivity index (χ0v) is 16.3. The van der Waals surface area contributed by atoms with Crippen LogP contribution in [-0.2, 0) is 16.0 Å². The van der Waals surface area contributed by atoms with Crippen LogP contribution >= 0.6 is 0 Å². The van der Waals surface area contributed by atoms with Crippen molar-refractivity contribution in [2.24, 2.45) is 5.92 Å². The smallest absolute Gasteiger partial charge is 0.227 e. The van der Waals surface area contributed by atoms with Crippen molar-refractivity contribution in [2.75, 3.05) is 37.0 Å². The van der Waals surface area contributed by atoms with Gasteiger partial charge in [-0.1, -0.05) is 24.3 Å². The maximum absolute atomic E-state index is 13.9. The maximum Gasteiger partial charge on any atom is 0.227 e. The van der Waals surface area contributed by atoms with Gasteiger partial charge in [-0.05, 0) is 42.7 Å². The van der Waals surface area contributed by atoms with Crippen molar-refractivity contribution in [1.29, 1.82) is 0 Å². The van der Waals surface area contributed by atoms with E-state index in [1.54, 1.807) is 18.2 Å². The molecule has 0 bridgehead atoms. The summed E-state index contributed by atoms with van der Waals surface area (Å²) in [4.78, 5) is 28.0. The van der Waals surface area contributed by atoms with Crippen LogP contribution in [0.5, 0.6) is 0 Å². The quantitative estimate of drug-likeness (QED) is 0.748. The average molecular weight is 383 g/mol. The standard InChI is InChI=1S/C22H26FN3O2/c1-25(2)18-11-9-16(10-12-18)6-5-13-24-22(28)17-14-21(27)26(15-17)20-8-4-3-7-19(20)23/h3-4,7-12,17H,5-6,13-15H2,1-2H3,(H,24,28). The lowest BCUT2D eigenvalue weighted by atomic mass is 10.1. The van der Waals surface area contributed by atoms with Crippen LogP contribution in [-0.4, -0.2) is 39.0 Å². The fourth-order valence-corrected chi connectivity index (χ4v) is 3.40. The van der Waals surface area contributed by atoms with E-state index in [4.69, 9.17) is 0 Å². The summed E-state index contributed by atoms with van der Waals surface area (Å²) >= 11 is 0. The minimum atomic E-state index is -0.447. The van der Waals surface area contributed by atoms with Crippen molar-refractivity contribution in [3.8, 4) is 0 Å². The highest BCUT2D eigenvalue weighted by atomic mass is 19.1. The van der Waals surface area contributed by atoms with E-state index in [1.807, 2.05) is 14.1 Å². The lowest BCUT2D eigenvalue weighted by Crippen LogP contribution is -2.33. The molecule has 1 unspecified atom stereocenters. The molecule has 1 fully saturated rings. The Labute approximate surface area is 165 Å². The molecule has 1 N–H and O–H groups in total. The van der Waals surface area contributed by atoms with Gasteiger partial charge in [-0.15, -0.1) is 0 Å². The number of amides is 2. The number of nitrogens with zero attached hydrogens (tertiary/aromatic N) is 2. The summed E-state index contributed by atoms with van der Waals surface area (Å²) in [7, 11) is 4.01. The molecule has 6 heteroatoms. The van der Waals surface area contributed by atoms with E-state index in [-0.39, 0.29) is 30.5 Å². The van der Waals surface area contributed by atoms with Crippen LogP contribution in [0.2, 0.25) is 0 Å². The SMILES string of the molecule is CN(C)c1ccc(CCCNC(=O)C2CC(=O)N(c3ccccc3F)C2)cc1. The van der Waals surface area contributed by atoms with Gasteiger partial charge in [-0.3, -0.25) is 9.59 Å². The summed E-state index contributed by atoms with van der Waals surface area (Å²) in [6, 6.07) is 14.5. The number of carbonyl (C=O) groups excluding carboxylic acids is 2. The lowest BCUT2D eigenvalue weighted by Gasteiger charge is -2.17. The zero-order chi connectivity index (χ0) is 20.1. The maximum atomic E-state index is 13.9. The van der Waals surface area contributed by atoms with Gasteiger partial charge < -0.3 is 15.1 Å². The van der Waals surface area contributed by atoms with Gasteiger partial charge in [0.1, 0.15) is 5.82 Å². The second-order valence-corrected chi connectivity index (χ2v) is 7.31. The lowest BCUT2D eigenvalue weighted by molar-refractivity contribution is -0.126. The summed E-state index contributed by atoms with van der Waals surface area (Å²) in [6.45, 7) is 0.774. The molecule has 2 aromatic carbocycles. The monoisotopic (exact) mass is 383 g/mol. The number of halogens is 1. The van der Waals surface area contributed by atoms with Crippen LogP contribution in [0, 0.1) is 11.7 Å². The predicted octanol–water partition coefficient (Wildman–Crippen LogP) is 2.99. The minimum Gasteiger partial charge on any atom is -0.378 e. The average Bonchev–Trinajstić information content (AvgIpc) is 3.07. The molecule has 0 radical (unpaired) electrons. The Morgan fingerprint density at radius 1 is 1.18 bits per heavy atom. The molecule has 0 spiro atoms. The van der Waals surface area contributed by atoms with E-state index in [9.17, 15) is 14.0 Å². The Morgan fingerprint density at radius 3 is 2.57 bits per heavy atom. The van der Waals surface area contributed by atoms with Gasteiger partial charge in [0, 0.05) is 39.3 Å². The van der Waals surface area contributed by atoms with Crippen molar-refractivity contribution in [1.82, 2.24) is 5.32 Å². The van der Waals surface area contributed by atoms with Crippen LogP contribution < -0.4 is 15.1 Å². The molecule has 1 aliphatic rings. The van der Waals surface area contributed by atoms with Crippen molar-refractivity contribution in [3.05, 3.63) is 59.9 Å². The summed E-state index contributed by atoms with van der Waals surface area (Å²) in [5.41, 5.74) is 2.62. The zero-order valence-electron chi connectivity index (χ0n) is 16.3. The molecule has 1 atom stereocenters. The Bertz CT molecular complexity index is 836. The molecule has 1 saturated heterocycles. The van der Waals surface area contributed by atoms with Crippen molar-refractivity contribution >= 4 is 23.2 Å². The van der Waals surface area contributed by atoms with Crippen molar-refractivity contribution in [3.63, 3.8) is 0 Å². The van der Waals surface area contributed by atoms with Crippen molar-refractivity contribution < 1.29 is 14.0 Å². The van der Waals surface area contributed by atoms with Gasteiger partial charge in [0.05, 0.1) is 11.6 Å². The highest BCUT2D eigenvalue weighted by Crippen LogP contribution is 2.27. The normalized spacial score (nSPS) is 16.3. The van der Waals surface area contributed by atoms with Gasteiger partial charge in [0.25, 0.3) is 0 Å². The summed E-state index contributed by atoms with van der Waals surface area (Å²) in [5, 5.41) is 2.91. The van der Waals surface area contributed by atoms with E-state index in [2.05, 4.69) is 34.5 Å². The Kier molecular flexibility index (Phi) is 6.29. The van der Waals surface area contributed by atoms with Gasteiger partial charge in [0.15, 0.2) is 0 Å². The molecular formula is C22H26FN3O2. The fourth-order valence-electron chi connectivity index (χ4n) is 3.40. The number of para-hydroxylation sites is 1. The van der Waals surface area contributed by atoms with Crippen LogP contribution in [0.25, 0.3) is 0 Å². The topological polar surface area (TPSA) is 52.7 Å². The highest BCUT2D eigenvalue weighted by Gasteiger charge is 2.35. The molecule has 148 valence electrons. The van der Waals surface area contributed by atoms with Crippen LogP contribution in [0.3, 0.4) is 0 Å². The third-order valence-corrected chi connectivity index (χ3v) is 5.03. The number of anilines is 2. The van der Waals surface area contributed by atoms with Gasteiger partial charge in [-0.25, -0.2) is 4.39 Å².